The lowest BCUT2D eigenvalue weighted by Crippen LogP contribution is -2.19. The first kappa shape index (κ1) is 13.4. The molecule has 0 amide bonds. The van der Waals surface area contributed by atoms with Crippen LogP contribution in [0.4, 0.5) is 0 Å². The van der Waals surface area contributed by atoms with Crippen molar-refractivity contribution in [2.75, 3.05) is 0 Å². The van der Waals surface area contributed by atoms with Crippen LogP contribution in [0, 0.1) is 5.92 Å². The van der Waals surface area contributed by atoms with E-state index in [0.29, 0.717) is 11.7 Å². The van der Waals surface area contributed by atoms with Gasteiger partial charge in [0, 0.05) is 17.2 Å². The number of rotatable bonds is 3. The van der Waals surface area contributed by atoms with E-state index in [1.54, 1.807) is 0 Å². The number of Topliss-reactive ketones (excluding diaryl/α,β-unsaturated/α-hetero) is 1. The van der Waals surface area contributed by atoms with Crippen LogP contribution in [0.15, 0.2) is 11.4 Å². The molecule has 1 unspecified atom stereocenters. The second kappa shape index (κ2) is 6.21. The highest BCUT2D eigenvalue weighted by atomic mass is 32.1. The summed E-state index contributed by atoms with van der Waals surface area (Å²) in [7, 11) is 0. The second-order valence-electron chi connectivity index (χ2n) is 6.27. The van der Waals surface area contributed by atoms with Crippen LogP contribution in [-0.4, -0.2) is 5.78 Å². The average Bonchev–Trinajstić information content (AvgIpc) is 2.76. The van der Waals surface area contributed by atoms with E-state index in [2.05, 4.69) is 11.4 Å². The molecule has 0 aliphatic heterocycles. The molecule has 2 heteroatoms. The Hall–Kier alpha value is -0.630. The van der Waals surface area contributed by atoms with Crippen LogP contribution in [0.1, 0.15) is 74.1 Å². The first-order valence-corrected chi connectivity index (χ1v) is 8.81. The first-order valence-electron chi connectivity index (χ1n) is 7.93. The van der Waals surface area contributed by atoms with Gasteiger partial charge in [-0.25, -0.2) is 0 Å². The van der Waals surface area contributed by atoms with E-state index < -0.39 is 0 Å². The van der Waals surface area contributed by atoms with Crippen molar-refractivity contribution >= 4 is 17.1 Å². The number of hydrogen-bond acceptors (Lipinski definition) is 2. The van der Waals surface area contributed by atoms with Crippen molar-refractivity contribution in [1.82, 2.24) is 0 Å². The summed E-state index contributed by atoms with van der Waals surface area (Å²) < 4.78 is 0. The third-order valence-corrected chi connectivity index (χ3v) is 5.90. The van der Waals surface area contributed by atoms with Gasteiger partial charge in [0.05, 0.1) is 0 Å². The zero-order valence-corrected chi connectivity index (χ0v) is 12.5. The van der Waals surface area contributed by atoms with Crippen LogP contribution in [0.25, 0.3) is 0 Å². The van der Waals surface area contributed by atoms with Crippen LogP contribution in [0.3, 0.4) is 0 Å². The Labute approximate surface area is 120 Å². The molecule has 1 aromatic heterocycles. The molecular weight excluding hydrogens is 252 g/mol. The molecule has 0 radical (unpaired) electrons. The Balaban J connectivity index is 1.65. The molecule has 1 fully saturated rings. The summed E-state index contributed by atoms with van der Waals surface area (Å²) in [5, 5.41) is 2.17. The smallest absolute Gasteiger partial charge is 0.140 e. The van der Waals surface area contributed by atoms with Crippen LogP contribution >= 0.6 is 11.3 Å². The Morgan fingerprint density at radius 1 is 1.11 bits per heavy atom. The van der Waals surface area contributed by atoms with Gasteiger partial charge in [0.1, 0.15) is 5.78 Å². The van der Waals surface area contributed by atoms with Crippen molar-refractivity contribution in [2.24, 2.45) is 5.92 Å². The number of carbonyl (C=O) groups is 1. The molecule has 1 atom stereocenters. The number of carbonyl (C=O) groups excluding carboxylic acids is 1. The largest absolute Gasteiger partial charge is 0.299 e. The SMILES string of the molecule is O=C(CC1CCCCCC1)C1CCCc2sccc21. The lowest BCUT2D eigenvalue weighted by Gasteiger charge is -2.23. The fraction of sp³-hybridized carbons (Fsp3) is 0.706. The van der Waals surface area contributed by atoms with E-state index in [1.165, 1.54) is 61.8 Å². The van der Waals surface area contributed by atoms with Gasteiger partial charge in [-0.2, -0.15) is 0 Å². The van der Waals surface area contributed by atoms with Crippen molar-refractivity contribution in [1.29, 1.82) is 0 Å². The van der Waals surface area contributed by atoms with Gasteiger partial charge in [0.2, 0.25) is 0 Å². The van der Waals surface area contributed by atoms with Crippen molar-refractivity contribution in [3.8, 4) is 0 Å². The molecule has 3 rings (SSSR count). The normalized spacial score (nSPS) is 24.7. The van der Waals surface area contributed by atoms with E-state index in [-0.39, 0.29) is 5.92 Å². The highest BCUT2D eigenvalue weighted by Gasteiger charge is 2.28. The standard InChI is InChI=1S/C17H24OS/c18-16(12-13-6-3-1-2-4-7-13)14-8-5-9-17-15(14)10-11-19-17/h10-11,13-14H,1-9,12H2. The van der Waals surface area contributed by atoms with Gasteiger partial charge in [-0.1, -0.05) is 38.5 Å². The summed E-state index contributed by atoms with van der Waals surface area (Å²) in [6.45, 7) is 0. The maximum Gasteiger partial charge on any atom is 0.140 e. The zero-order valence-electron chi connectivity index (χ0n) is 11.7. The number of hydrogen-bond donors (Lipinski definition) is 0. The molecule has 104 valence electrons. The van der Waals surface area contributed by atoms with E-state index in [0.717, 1.165) is 12.8 Å². The lowest BCUT2D eigenvalue weighted by atomic mass is 9.81. The van der Waals surface area contributed by atoms with Crippen LogP contribution in [-0.2, 0) is 11.2 Å². The minimum atomic E-state index is 0.234. The number of fused-ring (bicyclic) bond motifs is 1. The average molecular weight is 276 g/mol. The molecule has 1 saturated carbocycles. The van der Waals surface area contributed by atoms with Crippen LogP contribution in [0.5, 0.6) is 0 Å². The Morgan fingerprint density at radius 3 is 2.68 bits per heavy atom. The molecule has 0 N–H and O–H groups in total. The minimum absolute atomic E-state index is 0.234. The number of ketones is 1. The third-order valence-electron chi connectivity index (χ3n) is 4.91. The zero-order chi connectivity index (χ0) is 13.1. The molecule has 2 aliphatic carbocycles. The lowest BCUT2D eigenvalue weighted by molar-refractivity contribution is -0.121. The van der Waals surface area contributed by atoms with Crippen LogP contribution in [0.2, 0.25) is 0 Å². The summed E-state index contributed by atoms with van der Waals surface area (Å²) in [5.74, 6) is 1.45. The Morgan fingerprint density at radius 2 is 1.89 bits per heavy atom. The van der Waals surface area contributed by atoms with Crippen molar-refractivity contribution in [3.05, 3.63) is 21.9 Å². The van der Waals surface area contributed by atoms with E-state index in [1.807, 2.05) is 11.3 Å². The maximum atomic E-state index is 12.6. The van der Waals surface area contributed by atoms with Crippen molar-refractivity contribution < 1.29 is 4.79 Å². The molecular formula is C17H24OS. The van der Waals surface area contributed by atoms with Gasteiger partial charge in [-0.05, 0) is 42.2 Å². The summed E-state index contributed by atoms with van der Waals surface area (Å²) >= 11 is 1.84. The van der Waals surface area contributed by atoms with Crippen LogP contribution < -0.4 is 0 Å². The summed E-state index contributed by atoms with van der Waals surface area (Å²) in [6.07, 6.45) is 12.3. The molecule has 2 aliphatic rings. The maximum absolute atomic E-state index is 12.6. The summed E-state index contributed by atoms with van der Waals surface area (Å²) in [6, 6.07) is 2.20. The fourth-order valence-corrected chi connectivity index (χ4v) is 4.80. The van der Waals surface area contributed by atoms with Crippen molar-refractivity contribution in [3.63, 3.8) is 0 Å². The van der Waals surface area contributed by atoms with Gasteiger partial charge in [-0.3, -0.25) is 4.79 Å². The van der Waals surface area contributed by atoms with E-state index in [9.17, 15) is 4.79 Å². The highest BCUT2D eigenvalue weighted by Crippen LogP contribution is 2.37. The minimum Gasteiger partial charge on any atom is -0.299 e. The molecule has 1 nitrogen and oxygen atoms in total. The monoisotopic (exact) mass is 276 g/mol. The molecule has 19 heavy (non-hydrogen) atoms. The second-order valence-corrected chi connectivity index (χ2v) is 7.27. The topological polar surface area (TPSA) is 17.1 Å². The number of aryl methyl sites for hydroxylation is 1. The van der Waals surface area contributed by atoms with E-state index in [4.69, 9.17) is 0 Å². The predicted molar refractivity (Wildman–Crippen MR) is 80.8 cm³/mol. The molecule has 0 saturated heterocycles. The summed E-state index contributed by atoms with van der Waals surface area (Å²) in [5.41, 5.74) is 1.37. The molecule has 0 spiro atoms. The predicted octanol–water partition coefficient (Wildman–Crippen LogP) is 5.10. The van der Waals surface area contributed by atoms with Gasteiger partial charge in [-0.15, -0.1) is 11.3 Å². The third kappa shape index (κ3) is 3.10. The summed E-state index contributed by atoms with van der Waals surface area (Å²) in [4.78, 5) is 14.1. The highest BCUT2D eigenvalue weighted by molar-refractivity contribution is 7.10. The quantitative estimate of drug-likeness (QED) is 0.702. The fourth-order valence-electron chi connectivity index (χ4n) is 3.82. The van der Waals surface area contributed by atoms with E-state index >= 15 is 0 Å². The Kier molecular flexibility index (Phi) is 4.37. The number of thiophene rings is 1. The Bertz CT molecular complexity index is 426. The van der Waals surface area contributed by atoms with Gasteiger partial charge < -0.3 is 0 Å². The molecule has 1 aromatic rings. The molecule has 0 aromatic carbocycles. The molecule has 1 heterocycles. The first-order chi connectivity index (χ1) is 9.34. The van der Waals surface area contributed by atoms with Gasteiger partial charge in [0.25, 0.3) is 0 Å². The van der Waals surface area contributed by atoms with Gasteiger partial charge in [0.15, 0.2) is 0 Å². The van der Waals surface area contributed by atoms with Gasteiger partial charge >= 0.3 is 0 Å². The molecule has 0 bridgehead atoms. The van der Waals surface area contributed by atoms with Crippen molar-refractivity contribution in [2.45, 2.75) is 70.1 Å².